The number of aryl methyl sites for hydroxylation is 1. The molecule has 0 bridgehead atoms. The van der Waals surface area contributed by atoms with Gasteiger partial charge in [-0.15, -0.1) is 0 Å². The van der Waals surface area contributed by atoms with Gasteiger partial charge in [0.15, 0.2) is 0 Å². The monoisotopic (exact) mass is 572 g/mol. The fourth-order valence-electron chi connectivity index (χ4n) is 6.58. The van der Waals surface area contributed by atoms with Gasteiger partial charge in [-0.1, -0.05) is 0 Å². The Labute approximate surface area is 247 Å². The highest BCUT2D eigenvalue weighted by Gasteiger charge is 2.29. The van der Waals surface area contributed by atoms with E-state index in [4.69, 9.17) is 5.26 Å². The minimum atomic E-state index is -0.435. The molecular formula is C33H41FN6O2. The molecule has 5 rings (SSSR count). The number of benzene rings is 1. The summed E-state index contributed by atoms with van der Waals surface area (Å²) in [5.74, 6) is 0.385. The molecule has 8 nitrogen and oxygen atoms in total. The number of nitrogens with zero attached hydrogens (tertiary/aromatic N) is 6. The molecule has 222 valence electrons. The molecule has 2 aliphatic rings. The van der Waals surface area contributed by atoms with Crippen LogP contribution < -0.4 is 0 Å². The van der Waals surface area contributed by atoms with E-state index in [0.717, 1.165) is 74.9 Å². The van der Waals surface area contributed by atoms with Gasteiger partial charge in [0.25, 0.3) is 5.91 Å². The number of halogens is 1. The maximum atomic E-state index is 14.4. The molecule has 2 amide bonds. The van der Waals surface area contributed by atoms with Crippen molar-refractivity contribution in [2.45, 2.75) is 58.9 Å². The van der Waals surface area contributed by atoms with Crippen LogP contribution in [-0.2, 0) is 11.2 Å². The number of piperidine rings is 1. The molecule has 0 radical (unpaired) electrons. The maximum Gasteiger partial charge on any atom is 0.256 e. The van der Waals surface area contributed by atoms with Crippen LogP contribution in [0.15, 0.2) is 36.8 Å². The lowest BCUT2D eigenvalue weighted by molar-refractivity contribution is -0.131. The van der Waals surface area contributed by atoms with Crippen LogP contribution in [0, 0.1) is 35.9 Å². The van der Waals surface area contributed by atoms with E-state index in [1.807, 2.05) is 41.8 Å². The van der Waals surface area contributed by atoms with Crippen LogP contribution in [0.4, 0.5) is 4.39 Å². The summed E-state index contributed by atoms with van der Waals surface area (Å²) in [7, 11) is 1.75. The number of nitriles is 1. The van der Waals surface area contributed by atoms with Crippen LogP contribution >= 0.6 is 0 Å². The van der Waals surface area contributed by atoms with Gasteiger partial charge in [0.1, 0.15) is 12.2 Å². The molecule has 3 aromatic rings. The van der Waals surface area contributed by atoms with Crippen molar-refractivity contribution >= 4 is 22.7 Å². The Morgan fingerprint density at radius 3 is 2.60 bits per heavy atom. The smallest absolute Gasteiger partial charge is 0.256 e. The molecule has 1 aromatic carbocycles. The van der Waals surface area contributed by atoms with Crippen LogP contribution in [0.3, 0.4) is 0 Å². The van der Waals surface area contributed by atoms with Crippen LogP contribution in [-0.4, -0.2) is 81.9 Å². The summed E-state index contributed by atoms with van der Waals surface area (Å²) in [6, 6.07) is 6.39. The highest BCUT2D eigenvalue weighted by atomic mass is 19.1. The Balaban J connectivity index is 1.33. The number of aromatic nitrogens is 2. The second kappa shape index (κ2) is 12.6. The topological polar surface area (TPSA) is 85.5 Å². The van der Waals surface area contributed by atoms with Crippen molar-refractivity contribution in [3.63, 3.8) is 0 Å². The van der Waals surface area contributed by atoms with Gasteiger partial charge in [0, 0.05) is 57.0 Å². The van der Waals surface area contributed by atoms with Crippen molar-refractivity contribution in [2.75, 3.05) is 39.8 Å². The van der Waals surface area contributed by atoms with Crippen molar-refractivity contribution in [1.29, 1.82) is 5.26 Å². The Hall–Kier alpha value is -3.77. The summed E-state index contributed by atoms with van der Waals surface area (Å²) in [5, 5.41) is 9.97. The van der Waals surface area contributed by atoms with E-state index in [2.05, 4.69) is 23.0 Å². The fraction of sp³-hybridized carbons (Fsp3) is 0.515. The van der Waals surface area contributed by atoms with E-state index >= 15 is 0 Å². The van der Waals surface area contributed by atoms with Gasteiger partial charge >= 0.3 is 0 Å². The maximum absolute atomic E-state index is 14.4. The molecule has 0 spiro atoms. The molecule has 0 N–H and O–H groups in total. The molecule has 0 saturated carbocycles. The predicted molar refractivity (Wildman–Crippen MR) is 161 cm³/mol. The molecule has 0 unspecified atom stereocenters. The first-order valence-corrected chi connectivity index (χ1v) is 15.0. The van der Waals surface area contributed by atoms with Crippen LogP contribution in [0.25, 0.3) is 16.6 Å². The molecule has 2 aromatic heterocycles. The third-order valence-electron chi connectivity index (χ3n) is 9.12. The first-order chi connectivity index (χ1) is 20.2. The number of carbonyl (C=O) groups excluding carboxylic acids is 2. The van der Waals surface area contributed by atoms with Crippen molar-refractivity contribution in [2.24, 2.45) is 11.8 Å². The SMILES string of the molecule is Cc1cncc2c1c(C[C@H]1CCN(CC3CCN(C(=O)CC#N)CC3)C1)cn2-c1ccc(F)cc1C(=O)N(C)C(C)C. The zero-order valence-corrected chi connectivity index (χ0v) is 25.1. The standard InChI is InChI=1S/C33H41FN6O2/c1-22(2)37(4)33(42)28-16-27(34)5-6-29(28)40-21-26(32-23(3)17-36-18-30(32)40)15-25-8-12-38(20-25)19-24-9-13-39(14-10-24)31(41)7-11-35/h5-6,16-18,21-22,24-25H,7-10,12-15,19-20H2,1-4H3/t25-/m1/s1. The van der Waals surface area contributed by atoms with Gasteiger partial charge in [-0.2, -0.15) is 5.26 Å². The lowest BCUT2D eigenvalue weighted by Gasteiger charge is -2.33. The lowest BCUT2D eigenvalue weighted by atomic mass is 9.95. The second-order valence-electron chi connectivity index (χ2n) is 12.3. The summed E-state index contributed by atoms with van der Waals surface area (Å²) in [6.45, 7) is 10.6. The number of rotatable bonds is 8. The van der Waals surface area contributed by atoms with Crippen molar-refractivity contribution in [3.8, 4) is 11.8 Å². The van der Waals surface area contributed by atoms with Gasteiger partial charge in [-0.25, -0.2) is 4.39 Å². The number of likely N-dealkylation sites (tertiary alicyclic amines) is 2. The van der Waals surface area contributed by atoms with Crippen molar-refractivity contribution < 1.29 is 14.0 Å². The van der Waals surface area contributed by atoms with Crippen LogP contribution in [0.2, 0.25) is 0 Å². The van der Waals surface area contributed by atoms with Gasteiger partial charge in [0.05, 0.1) is 29.0 Å². The first-order valence-electron chi connectivity index (χ1n) is 15.0. The minimum Gasteiger partial charge on any atom is -0.342 e. The zero-order chi connectivity index (χ0) is 30.0. The van der Waals surface area contributed by atoms with Gasteiger partial charge in [-0.05, 0) is 94.2 Å². The fourth-order valence-corrected chi connectivity index (χ4v) is 6.58. The lowest BCUT2D eigenvalue weighted by Crippen LogP contribution is -2.41. The largest absolute Gasteiger partial charge is 0.342 e. The molecule has 2 saturated heterocycles. The van der Waals surface area contributed by atoms with E-state index in [0.29, 0.717) is 23.1 Å². The molecule has 1 atom stereocenters. The van der Waals surface area contributed by atoms with Crippen LogP contribution in [0.5, 0.6) is 0 Å². The second-order valence-corrected chi connectivity index (χ2v) is 12.3. The summed E-state index contributed by atoms with van der Waals surface area (Å²) < 4.78 is 16.4. The minimum absolute atomic E-state index is 0.0154. The van der Waals surface area contributed by atoms with Gasteiger partial charge < -0.3 is 19.3 Å². The predicted octanol–water partition coefficient (Wildman–Crippen LogP) is 4.97. The summed E-state index contributed by atoms with van der Waals surface area (Å²) >= 11 is 0. The number of hydrogen-bond donors (Lipinski definition) is 0. The quantitative estimate of drug-likeness (QED) is 0.381. The molecule has 0 aliphatic carbocycles. The molecule has 9 heteroatoms. The first kappa shape index (κ1) is 29.7. The Morgan fingerprint density at radius 1 is 1.14 bits per heavy atom. The van der Waals surface area contributed by atoms with Crippen molar-refractivity contribution in [1.82, 2.24) is 24.3 Å². The number of hydrogen-bond acceptors (Lipinski definition) is 5. The Kier molecular flexibility index (Phi) is 8.93. The summed E-state index contributed by atoms with van der Waals surface area (Å²) in [6.07, 6.45) is 9.83. The number of carbonyl (C=O) groups is 2. The normalized spacial score (nSPS) is 18.1. The highest BCUT2D eigenvalue weighted by Crippen LogP contribution is 2.33. The van der Waals surface area contributed by atoms with E-state index in [-0.39, 0.29) is 24.3 Å². The zero-order valence-electron chi connectivity index (χ0n) is 25.1. The number of amides is 2. The Bertz CT molecular complexity index is 1500. The van der Waals surface area contributed by atoms with E-state index in [1.54, 1.807) is 18.0 Å². The highest BCUT2D eigenvalue weighted by molar-refractivity contribution is 5.99. The van der Waals surface area contributed by atoms with E-state index < -0.39 is 5.82 Å². The van der Waals surface area contributed by atoms with E-state index in [1.165, 1.54) is 17.7 Å². The third-order valence-corrected chi connectivity index (χ3v) is 9.12. The third kappa shape index (κ3) is 6.19. The Morgan fingerprint density at radius 2 is 1.88 bits per heavy atom. The van der Waals surface area contributed by atoms with E-state index in [9.17, 15) is 14.0 Å². The van der Waals surface area contributed by atoms with Gasteiger partial charge in [0.2, 0.25) is 5.91 Å². The number of pyridine rings is 1. The number of fused-ring (bicyclic) bond motifs is 1. The van der Waals surface area contributed by atoms with Crippen molar-refractivity contribution in [3.05, 3.63) is 59.3 Å². The molecule has 2 aliphatic heterocycles. The van der Waals surface area contributed by atoms with Crippen LogP contribution in [0.1, 0.15) is 61.0 Å². The molecule has 4 heterocycles. The molecule has 2 fully saturated rings. The average molecular weight is 573 g/mol. The molecular weight excluding hydrogens is 531 g/mol. The average Bonchev–Trinajstić information content (AvgIpc) is 3.57. The summed E-state index contributed by atoms with van der Waals surface area (Å²) in [4.78, 5) is 35.9. The summed E-state index contributed by atoms with van der Waals surface area (Å²) in [5.41, 5.74) is 4.23. The van der Waals surface area contributed by atoms with Gasteiger partial charge in [-0.3, -0.25) is 14.6 Å². The molecule has 42 heavy (non-hydrogen) atoms.